The summed E-state index contributed by atoms with van der Waals surface area (Å²) >= 11 is 0. The molecule has 3 rings (SSSR count). The number of nitriles is 1. The van der Waals surface area contributed by atoms with Crippen molar-refractivity contribution < 1.29 is 14.3 Å². The van der Waals surface area contributed by atoms with Crippen LogP contribution in [0.15, 0.2) is 35.9 Å². The molecule has 2 aromatic rings. The van der Waals surface area contributed by atoms with Crippen LogP contribution in [-0.2, 0) is 4.79 Å². The first-order chi connectivity index (χ1) is 11.7. The minimum absolute atomic E-state index is 0.0653. The van der Waals surface area contributed by atoms with E-state index in [9.17, 15) is 10.1 Å². The number of ether oxygens (including phenoxy) is 2. The quantitative estimate of drug-likeness (QED) is 0.678. The fourth-order valence-electron chi connectivity index (χ4n) is 2.54. The average Bonchev–Trinajstić information content (AvgIpc) is 3.42. The lowest BCUT2D eigenvalue weighted by molar-refractivity contribution is -0.117. The third-order valence-corrected chi connectivity index (χ3v) is 4.02. The van der Waals surface area contributed by atoms with Crippen molar-refractivity contribution >= 4 is 22.8 Å². The number of carbonyl (C=O) groups is 1. The van der Waals surface area contributed by atoms with E-state index in [4.69, 9.17) is 9.47 Å². The highest BCUT2D eigenvalue weighted by Crippen LogP contribution is 2.32. The van der Waals surface area contributed by atoms with Gasteiger partial charge in [0.15, 0.2) is 0 Å². The van der Waals surface area contributed by atoms with Gasteiger partial charge in [0, 0.05) is 11.6 Å². The standard InChI is InChI=1S/C19H18N2O3/c1-23-15-7-3-12-4-8-18(24-2)17(16(12)10-15)9-13(11-20)19(22)21-14-5-6-14/h3-4,7-10,14H,5-6H2,1-2H3,(H,21,22)/b13-9+. The number of nitrogens with one attached hydrogen (secondary N) is 1. The summed E-state index contributed by atoms with van der Waals surface area (Å²) in [6.07, 6.45) is 3.52. The van der Waals surface area contributed by atoms with Crippen molar-refractivity contribution in [1.82, 2.24) is 5.32 Å². The Bertz CT molecular complexity index is 856. The van der Waals surface area contributed by atoms with Gasteiger partial charge in [-0.05, 0) is 47.9 Å². The zero-order valence-electron chi connectivity index (χ0n) is 13.6. The summed E-state index contributed by atoms with van der Waals surface area (Å²) < 4.78 is 10.7. The Balaban J connectivity index is 2.12. The molecule has 1 aliphatic rings. The van der Waals surface area contributed by atoms with Gasteiger partial charge < -0.3 is 14.8 Å². The summed E-state index contributed by atoms with van der Waals surface area (Å²) in [5.41, 5.74) is 0.756. The van der Waals surface area contributed by atoms with Crippen molar-refractivity contribution in [3.63, 3.8) is 0 Å². The third kappa shape index (κ3) is 3.18. The van der Waals surface area contributed by atoms with E-state index in [0.29, 0.717) is 17.1 Å². The van der Waals surface area contributed by atoms with Crippen molar-refractivity contribution in [2.24, 2.45) is 0 Å². The van der Waals surface area contributed by atoms with Gasteiger partial charge in [0.25, 0.3) is 5.91 Å². The lowest BCUT2D eigenvalue weighted by atomic mass is 10.0. The normalized spacial score (nSPS) is 14.1. The molecule has 0 spiro atoms. The molecule has 0 radical (unpaired) electrons. The predicted octanol–water partition coefficient (Wildman–Crippen LogP) is 3.04. The molecule has 122 valence electrons. The molecule has 0 atom stereocenters. The number of methoxy groups -OCH3 is 2. The molecule has 0 saturated heterocycles. The first-order valence-corrected chi connectivity index (χ1v) is 7.73. The van der Waals surface area contributed by atoms with Crippen LogP contribution in [0.5, 0.6) is 11.5 Å². The minimum atomic E-state index is -0.345. The molecular formula is C19H18N2O3. The summed E-state index contributed by atoms with van der Waals surface area (Å²) in [5.74, 6) is 0.955. The molecular weight excluding hydrogens is 304 g/mol. The number of benzene rings is 2. The Labute approximate surface area is 140 Å². The molecule has 1 fully saturated rings. The number of fused-ring (bicyclic) bond motifs is 1. The predicted molar refractivity (Wildman–Crippen MR) is 91.8 cm³/mol. The van der Waals surface area contributed by atoms with E-state index < -0.39 is 0 Å². The van der Waals surface area contributed by atoms with E-state index in [1.54, 1.807) is 20.3 Å². The molecule has 1 aliphatic carbocycles. The van der Waals surface area contributed by atoms with Gasteiger partial charge in [-0.15, -0.1) is 0 Å². The topological polar surface area (TPSA) is 71.3 Å². The number of hydrogen-bond acceptors (Lipinski definition) is 4. The zero-order valence-corrected chi connectivity index (χ0v) is 13.6. The molecule has 0 unspecified atom stereocenters. The van der Waals surface area contributed by atoms with Crippen molar-refractivity contribution in [1.29, 1.82) is 5.26 Å². The van der Waals surface area contributed by atoms with Crippen LogP contribution in [0.3, 0.4) is 0 Å². The van der Waals surface area contributed by atoms with Crippen LogP contribution in [0.1, 0.15) is 18.4 Å². The van der Waals surface area contributed by atoms with Crippen LogP contribution in [0.2, 0.25) is 0 Å². The Morgan fingerprint density at radius 1 is 1.25 bits per heavy atom. The highest BCUT2D eigenvalue weighted by Gasteiger charge is 2.25. The van der Waals surface area contributed by atoms with E-state index in [1.807, 2.05) is 36.4 Å². The van der Waals surface area contributed by atoms with Gasteiger partial charge in [0.2, 0.25) is 0 Å². The van der Waals surface area contributed by atoms with Crippen molar-refractivity contribution in [3.8, 4) is 17.6 Å². The molecule has 1 saturated carbocycles. The maximum Gasteiger partial charge on any atom is 0.262 e. The van der Waals surface area contributed by atoms with E-state index in [-0.39, 0.29) is 17.5 Å². The summed E-state index contributed by atoms with van der Waals surface area (Å²) in [6, 6.07) is 11.6. The van der Waals surface area contributed by atoms with E-state index >= 15 is 0 Å². The number of hydrogen-bond donors (Lipinski definition) is 1. The Morgan fingerprint density at radius 2 is 2.00 bits per heavy atom. The van der Waals surface area contributed by atoms with Gasteiger partial charge in [-0.1, -0.05) is 12.1 Å². The van der Waals surface area contributed by atoms with Crippen molar-refractivity contribution in [3.05, 3.63) is 41.5 Å². The molecule has 0 aliphatic heterocycles. The highest BCUT2D eigenvalue weighted by molar-refractivity contribution is 6.05. The van der Waals surface area contributed by atoms with Gasteiger partial charge in [0.05, 0.1) is 14.2 Å². The molecule has 0 heterocycles. The van der Waals surface area contributed by atoms with Crippen LogP contribution in [0.25, 0.3) is 16.8 Å². The molecule has 2 aromatic carbocycles. The summed E-state index contributed by atoms with van der Waals surface area (Å²) in [4.78, 5) is 12.2. The molecule has 24 heavy (non-hydrogen) atoms. The van der Waals surface area contributed by atoms with E-state index in [0.717, 1.165) is 23.6 Å². The fourth-order valence-corrected chi connectivity index (χ4v) is 2.54. The van der Waals surface area contributed by atoms with Gasteiger partial charge in [-0.25, -0.2) is 0 Å². The third-order valence-electron chi connectivity index (χ3n) is 4.02. The van der Waals surface area contributed by atoms with Gasteiger partial charge in [0.1, 0.15) is 23.1 Å². The number of rotatable bonds is 5. The smallest absolute Gasteiger partial charge is 0.262 e. The number of amides is 1. The fraction of sp³-hybridized carbons (Fsp3) is 0.263. The number of carbonyl (C=O) groups excluding carboxylic acids is 1. The van der Waals surface area contributed by atoms with E-state index in [2.05, 4.69) is 5.32 Å². The maximum atomic E-state index is 12.2. The van der Waals surface area contributed by atoms with Crippen LogP contribution in [-0.4, -0.2) is 26.2 Å². The Hall–Kier alpha value is -3.00. The van der Waals surface area contributed by atoms with Crippen LogP contribution >= 0.6 is 0 Å². The molecule has 1 N–H and O–H groups in total. The zero-order chi connectivity index (χ0) is 17.1. The van der Waals surface area contributed by atoms with Crippen molar-refractivity contribution in [2.45, 2.75) is 18.9 Å². The molecule has 0 bridgehead atoms. The lowest BCUT2D eigenvalue weighted by Crippen LogP contribution is -2.26. The van der Waals surface area contributed by atoms with Crippen LogP contribution < -0.4 is 14.8 Å². The van der Waals surface area contributed by atoms with Crippen molar-refractivity contribution in [2.75, 3.05) is 14.2 Å². The summed E-state index contributed by atoms with van der Waals surface area (Å²) in [5, 5.41) is 14.1. The highest BCUT2D eigenvalue weighted by atomic mass is 16.5. The van der Waals surface area contributed by atoms with E-state index in [1.165, 1.54) is 0 Å². The van der Waals surface area contributed by atoms with Gasteiger partial charge in [-0.2, -0.15) is 5.26 Å². The van der Waals surface area contributed by atoms with Gasteiger partial charge >= 0.3 is 0 Å². The Morgan fingerprint density at radius 3 is 2.62 bits per heavy atom. The first kappa shape index (κ1) is 15.9. The second-order valence-corrected chi connectivity index (χ2v) is 5.69. The van der Waals surface area contributed by atoms with Crippen LogP contribution in [0.4, 0.5) is 0 Å². The minimum Gasteiger partial charge on any atom is -0.497 e. The first-order valence-electron chi connectivity index (χ1n) is 7.73. The SMILES string of the molecule is COc1ccc2ccc(OC)c(/C=C(\C#N)C(=O)NC3CC3)c2c1. The molecule has 1 amide bonds. The second kappa shape index (κ2) is 6.63. The lowest BCUT2D eigenvalue weighted by Gasteiger charge is -2.11. The van der Waals surface area contributed by atoms with Gasteiger partial charge in [-0.3, -0.25) is 4.79 Å². The molecule has 5 heteroatoms. The molecule has 5 nitrogen and oxygen atoms in total. The molecule has 0 aromatic heterocycles. The summed E-state index contributed by atoms with van der Waals surface area (Å²) in [7, 11) is 3.16. The maximum absolute atomic E-state index is 12.2. The average molecular weight is 322 g/mol. The van der Waals surface area contributed by atoms with Crippen LogP contribution in [0, 0.1) is 11.3 Å². The largest absolute Gasteiger partial charge is 0.497 e. The number of nitrogens with zero attached hydrogens (tertiary/aromatic N) is 1. The summed E-state index contributed by atoms with van der Waals surface area (Å²) in [6.45, 7) is 0. The monoisotopic (exact) mass is 322 g/mol. The second-order valence-electron chi connectivity index (χ2n) is 5.69. The Kier molecular flexibility index (Phi) is 4.39.